The van der Waals surface area contributed by atoms with Gasteiger partial charge in [0, 0.05) is 30.5 Å². The van der Waals surface area contributed by atoms with Gasteiger partial charge in [-0.3, -0.25) is 4.79 Å². The van der Waals surface area contributed by atoms with E-state index in [-0.39, 0.29) is 17.6 Å². The number of benzene rings is 3. The summed E-state index contributed by atoms with van der Waals surface area (Å²) in [6, 6.07) is 19.6. The molecule has 2 heterocycles. The number of ether oxygens (including phenoxy) is 1. The normalized spacial score (nSPS) is 16.2. The number of fused-ring (bicyclic) bond motifs is 1. The number of imidazole rings is 1. The van der Waals surface area contributed by atoms with Crippen molar-refractivity contribution < 1.29 is 13.9 Å². The number of nitrogens with zero attached hydrogens (tertiary/aromatic N) is 3. The SMILES string of the molecule is COc1ccc(Cl)cc1N1C[C@@H](c2nc3ccccc3n2Cc2ccc(F)cc2)CC1=O. The maximum Gasteiger partial charge on any atom is 0.227 e. The van der Waals surface area contributed by atoms with Gasteiger partial charge in [-0.2, -0.15) is 0 Å². The van der Waals surface area contributed by atoms with Gasteiger partial charge in [0.25, 0.3) is 0 Å². The van der Waals surface area contributed by atoms with Crippen LogP contribution in [0.3, 0.4) is 0 Å². The van der Waals surface area contributed by atoms with E-state index in [1.54, 1.807) is 42.3 Å². The second-order valence-electron chi connectivity index (χ2n) is 7.89. The largest absolute Gasteiger partial charge is 0.495 e. The van der Waals surface area contributed by atoms with E-state index in [9.17, 15) is 9.18 Å². The maximum absolute atomic E-state index is 13.4. The molecule has 0 unspecified atom stereocenters. The van der Waals surface area contributed by atoms with Crippen LogP contribution in [0.5, 0.6) is 5.75 Å². The number of amides is 1. The van der Waals surface area contributed by atoms with Crippen LogP contribution < -0.4 is 9.64 Å². The van der Waals surface area contributed by atoms with Crippen molar-refractivity contribution >= 4 is 34.2 Å². The van der Waals surface area contributed by atoms with Gasteiger partial charge in [0.1, 0.15) is 17.4 Å². The summed E-state index contributed by atoms with van der Waals surface area (Å²) in [6.45, 7) is 1.02. The molecule has 0 radical (unpaired) electrons. The molecule has 0 bridgehead atoms. The third-order valence-corrected chi connectivity index (χ3v) is 6.09. The predicted molar refractivity (Wildman–Crippen MR) is 123 cm³/mol. The molecule has 0 aliphatic carbocycles. The molecule has 5 rings (SSSR count). The molecule has 1 aromatic heterocycles. The molecule has 7 heteroatoms. The Hall–Kier alpha value is -3.38. The van der Waals surface area contributed by atoms with Crippen LogP contribution in [0.1, 0.15) is 23.7 Å². The first-order valence-corrected chi connectivity index (χ1v) is 10.7. The molecule has 1 aliphatic rings. The van der Waals surface area contributed by atoms with Gasteiger partial charge in [-0.05, 0) is 48.0 Å². The molecule has 0 saturated carbocycles. The van der Waals surface area contributed by atoms with E-state index < -0.39 is 0 Å². The van der Waals surface area contributed by atoms with E-state index in [4.69, 9.17) is 21.3 Å². The first kappa shape index (κ1) is 20.5. The lowest BCUT2D eigenvalue weighted by Crippen LogP contribution is -2.25. The summed E-state index contributed by atoms with van der Waals surface area (Å²) >= 11 is 6.20. The molecule has 32 heavy (non-hydrogen) atoms. The van der Waals surface area contributed by atoms with E-state index in [0.29, 0.717) is 36.0 Å². The number of halogens is 2. The van der Waals surface area contributed by atoms with Crippen LogP contribution in [0.4, 0.5) is 10.1 Å². The molecule has 5 nitrogen and oxygen atoms in total. The highest BCUT2D eigenvalue weighted by Gasteiger charge is 2.36. The zero-order valence-electron chi connectivity index (χ0n) is 17.5. The molecule has 3 aromatic carbocycles. The van der Waals surface area contributed by atoms with Crippen molar-refractivity contribution in [1.82, 2.24) is 9.55 Å². The molecule has 162 valence electrons. The lowest BCUT2D eigenvalue weighted by molar-refractivity contribution is -0.117. The highest BCUT2D eigenvalue weighted by atomic mass is 35.5. The van der Waals surface area contributed by atoms with Crippen molar-refractivity contribution in [1.29, 1.82) is 0 Å². The number of carbonyl (C=O) groups is 1. The Morgan fingerprint density at radius 1 is 1.12 bits per heavy atom. The van der Waals surface area contributed by atoms with E-state index in [2.05, 4.69) is 4.57 Å². The summed E-state index contributed by atoms with van der Waals surface area (Å²) in [7, 11) is 1.58. The number of aromatic nitrogens is 2. The monoisotopic (exact) mass is 449 g/mol. The van der Waals surface area contributed by atoms with Crippen LogP contribution in [-0.4, -0.2) is 29.1 Å². The quantitative estimate of drug-likeness (QED) is 0.409. The minimum absolute atomic E-state index is 0.00375. The number of anilines is 1. The van der Waals surface area contributed by atoms with Crippen molar-refractivity contribution in [2.24, 2.45) is 0 Å². The minimum Gasteiger partial charge on any atom is -0.495 e. The second-order valence-corrected chi connectivity index (χ2v) is 8.33. The Labute approximate surface area is 190 Å². The van der Waals surface area contributed by atoms with Crippen molar-refractivity contribution in [3.05, 3.63) is 89.0 Å². The van der Waals surface area contributed by atoms with Crippen LogP contribution in [0.25, 0.3) is 11.0 Å². The highest BCUT2D eigenvalue weighted by molar-refractivity contribution is 6.31. The van der Waals surface area contributed by atoms with Crippen LogP contribution in [0.2, 0.25) is 5.02 Å². The molecule has 1 atom stereocenters. The van der Waals surface area contributed by atoms with Crippen LogP contribution in [0.15, 0.2) is 66.7 Å². The van der Waals surface area contributed by atoms with Gasteiger partial charge < -0.3 is 14.2 Å². The Balaban J connectivity index is 1.53. The van der Waals surface area contributed by atoms with E-state index in [1.165, 1.54) is 12.1 Å². The average molecular weight is 450 g/mol. The minimum atomic E-state index is -0.267. The second kappa shape index (κ2) is 8.28. The zero-order chi connectivity index (χ0) is 22.2. The summed E-state index contributed by atoms with van der Waals surface area (Å²) < 4.78 is 21.0. The van der Waals surface area contributed by atoms with E-state index >= 15 is 0 Å². The van der Waals surface area contributed by atoms with Gasteiger partial charge >= 0.3 is 0 Å². The molecule has 0 spiro atoms. The van der Waals surface area contributed by atoms with Crippen molar-refractivity contribution in [2.45, 2.75) is 18.9 Å². The summed E-state index contributed by atoms with van der Waals surface area (Å²) in [5.74, 6) is 1.07. The molecular weight excluding hydrogens is 429 g/mol. The number of methoxy groups -OCH3 is 1. The van der Waals surface area contributed by atoms with Crippen LogP contribution in [-0.2, 0) is 11.3 Å². The van der Waals surface area contributed by atoms with Gasteiger partial charge in [-0.1, -0.05) is 35.9 Å². The standard InChI is InChI=1S/C25H21ClFN3O2/c1-32-23-11-8-18(26)13-22(23)29-15-17(12-24(29)31)25-28-20-4-2-3-5-21(20)30(25)14-16-6-9-19(27)10-7-16/h2-11,13,17H,12,14-15H2,1H3/t17-/m0/s1. The van der Waals surface area contributed by atoms with Gasteiger partial charge in [0.15, 0.2) is 0 Å². The molecule has 1 saturated heterocycles. The molecule has 1 aliphatic heterocycles. The number of carbonyl (C=O) groups excluding carboxylic acids is 1. The third-order valence-electron chi connectivity index (χ3n) is 5.86. The molecule has 0 N–H and O–H groups in total. The molecule has 1 amide bonds. The lowest BCUT2D eigenvalue weighted by Gasteiger charge is -2.20. The number of rotatable bonds is 5. The summed E-state index contributed by atoms with van der Waals surface area (Å²) in [5, 5.41) is 0.542. The highest BCUT2D eigenvalue weighted by Crippen LogP contribution is 2.38. The Kier molecular flexibility index (Phi) is 5.31. The first-order valence-electron chi connectivity index (χ1n) is 10.4. The van der Waals surface area contributed by atoms with Crippen LogP contribution >= 0.6 is 11.6 Å². The maximum atomic E-state index is 13.4. The summed E-state index contributed by atoms with van der Waals surface area (Å²) in [6.07, 6.45) is 0.336. The van der Waals surface area contributed by atoms with Gasteiger partial charge in [-0.15, -0.1) is 0 Å². The van der Waals surface area contributed by atoms with E-state index in [1.807, 2.05) is 24.3 Å². The Morgan fingerprint density at radius 2 is 1.91 bits per heavy atom. The van der Waals surface area contributed by atoms with E-state index in [0.717, 1.165) is 22.4 Å². The number of para-hydroxylation sites is 2. The Bertz CT molecular complexity index is 1300. The zero-order valence-corrected chi connectivity index (χ0v) is 18.2. The van der Waals surface area contributed by atoms with Crippen molar-refractivity contribution in [2.75, 3.05) is 18.6 Å². The number of hydrogen-bond acceptors (Lipinski definition) is 3. The fourth-order valence-electron chi connectivity index (χ4n) is 4.33. The fourth-order valence-corrected chi connectivity index (χ4v) is 4.50. The lowest BCUT2D eigenvalue weighted by atomic mass is 10.1. The summed E-state index contributed by atoms with van der Waals surface area (Å²) in [5.41, 5.74) is 3.48. The Morgan fingerprint density at radius 3 is 2.69 bits per heavy atom. The number of hydrogen-bond donors (Lipinski definition) is 0. The average Bonchev–Trinajstić information content (AvgIpc) is 3.36. The van der Waals surface area contributed by atoms with Gasteiger partial charge in [0.05, 0.1) is 23.8 Å². The smallest absolute Gasteiger partial charge is 0.227 e. The van der Waals surface area contributed by atoms with Crippen molar-refractivity contribution in [3.8, 4) is 5.75 Å². The first-order chi connectivity index (χ1) is 15.5. The van der Waals surface area contributed by atoms with Gasteiger partial charge in [0.2, 0.25) is 5.91 Å². The molecule has 4 aromatic rings. The molecule has 1 fully saturated rings. The fraction of sp³-hybridized carbons (Fsp3) is 0.200. The summed E-state index contributed by atoms with van der Waals surface area (Å²) in [4.78, 5) is 19.6. The van der Waals surface area contributed by atoms with Crippen LogP contribution in [0, 0.1) is 5.82 Å². The van der Waals surface area contributed by atoms with Crippen molar-refractivity contribution in [3.63, 3.8) is 0 Å². The molecular formula is C25H21ClFN3O2. The topological polar surface area (TPSA) is 47.4 Å². The van der Waals surface area contributed by atoms with Gasteiger partial charge in [-0.25, -0.2) is 9.37 Å². The predicted octanol–water partition coefficient (Wildman–Crippen LogP) is 5.41. The third kappa shape index (κ3) is 3.71.